The number of halogens is 1. The Morgan fingerprint density at radius 1 is 1.14 bits per heavy atom. The van der Waals surface area contributed by atoms with Crippen LogP contribution in [0, 0.1) is 5.92 Å². The maximum atomic E-state index is 12.8. The molecule has 28 heavy (non-hydrogen) atoms. The third-order valence-electron chi connectivity index (χ3n) is 4.01. The van der Waals surface area contributed by atoms with Crippen molar-refractivity contribution in [2.75, 3.05) is 13.7 Å². The Morgan fingerprint density at radius 2 is 1.82 bits per heavy atom. The van der Waals surface area contributed by atoms with E-state index in [-0.39, 0.29) is 28.2 Å². The Morgan fingerprint density at radius 3 is 2.39 bits per heavy atom. The van der Waals surface area contributed by atoms with Crippen LogP contribution in [0.1, 0.15) is 19.4 Å². The minimum absolute atomic E-state index is 0.0342. The van der Waals surface area contributed by atoms with Crippen molar-refractivity contribution in [3.63, 3.8) is 0 Å². The van der Waals surface area contributed by atoms with Crippen LogP contribution in [0.2, 0.25) is 5.02 Å². The lowest BCUT2D eigenvalue weighted by atomic mass is 10.1. The molecule has 0 aliphatic rings. The Labute approximate surface area is 171 Å². The summed E-state index contributed by atoms with van der Waals surface area (Å²) in [5, 5.41) is 2.97. The van der Waals surface area contributed by atoms with Gasteiger partial charge in [-0.15, -0.1) is 0 Å². The molecule has 2 N–H and O–H groups in total. The first-order valence-corrected chi connectivity index (χ1v) is 10.8. The van der Waals surface area contributed by atoms with E-state index in [9.17, 15) is 13.2 Å². The SMILES string of the molecule is COc1ccc(S(=O)(=O)N[C@@H](Cc2ccccc2)C(=O)NCC(C)C)cc1Cl. The summed E-state index contributed by atoms with van der Waals surface area (Å²) in [6.45, 7) is 4.40. The smallest absolute Gasteiger partial charge is 0.241 e. The van der Waals surface area contributed by atoms with E-state index < -0.39 is 16.1 Å². The third kappa shape index (κ3) is 6.22. The van der Waals surface area contributed by atoms with Gasteiger partial charge in [0.05, 0.1) is 17.0 Å². The highest BCUT2D eigenvalue weighted by Gasteiger charge is 2.26. The molecule has 0 unspecified atom stereocenters. The van der Waals surface area contributed by atoms with Gasteiger partial charge < -0.3 is 10.1 Å². The zero-order chi connectivity index (χ0) is 20.7. The number of ether oxygens (including phenoxy) is 1. The Bertz CT molecular complexity index is 902. The molecule has 0 bridgehead atoms. The summed E-state index contributed by atoms with van der Waals surface area (Å²) in [5.41, 5.74) is 0.850. The monoisotopic (exact) mass is 424 g/mol. The number of rotatable bonds is 9. The molecule has 6 nitrogen and oxygen atoms in total. The molecule has 0 spiro atoms. The van der Waals surface area contributed by atoms with Gasteiger partial charge in [0.25, 0.3) is 0 Å². The largest absolute Gasteiger partial charge is 0.495 e. The summed E-state index contributed by atoms with van der Waals surface area (Å²) in [5.74, 6) is 0.246. The summed E-state index contributed by atoms with van der Waals surface area (Å²) >= 11 is 6.05. The van der Waals surface area contributed by atoms with Crippen molar-refractivity contribution in [1.29, 1.82) is 0 Å². The predicted molar refractivity (Wildman–Crippen MR) is 110 cm³/mol. The molecule has 2 rings (SSSR count). The molecule has 0 aliphatic heterocycles. The molecule has 8 heteroatoms. The van der Waals surface area contributed by atoms with Gasteiger partial charge in [-0.3, -0.25) is 4.79 Å². The van der Waals surface area contributed by atoms with Gasteiger partial charge in [-0.05, 0) is 36.1 Å². The number of hydrogen-bond donors (Lipinski definition) is 2. The lowest BCUT2D eigenvalue weighted by molar-refractivity contribution is -0.122. The van der Waals surface area contributed by atoms with Crippen molar-refractivity contribution < 1.29 is 17.9 Å². The first kappa shape index (κ1) is 22.2. The van der Waals surface area contributed by atoms with Crippen LogP contribution >= 0.6 is 11.6 Å². The second-order valence-corrected chi connectivity index (χ2v) is 8.92. The number of hydrogen-bond acceptors (Lipinski definition) is 4. The van der Waals surface area contributed by atoms with Crippen LogP contribution in [0.15, 0.2) is 53.4 Å². The highest BCUT2D eigenvalue weighted by molar-refractivity contribution is 7.89. The topological polar surface area (TPSA) is 84.5 Å². The molecule has 0 aliphatic carbocycles. The second-order valence-electron chi connectivity index (χ2n) is 6.80. The number of benzene rings is 2. The van der Waals surface area contributed by atoms with E-state index >= 15 is 0 Å². The van der Waals surface area contributed by atoms with Crippen molar-refractivity contribution in [1.82, 2.24) is 10.0 Å². The van der Waals surface area contributed by atoms with E-state index in [2.05, 4.69) is 10.0 Å². The molecular weight excluding hydrogens is 400 g/mol. The van der Waals surface area contributed by atoms with E-state index in [1.807, 2.05) is 44.2 Å². The molecular formula is C20H25ClN2O4S. The van der Waals surface area contributed by atoms with Crippen molar-refractivity contribution >= 4 is 27.5 Å². The van der Waals surface area contributed by atoms with E-state index in [1.54, 1.807) is 0 Å². The van der Waals surface area contributed by atoms with Crippen molar-refractivity contribution in [3.05, 3.63) is 59.1 Å². The molecule has 0 saturated heterocycles. The van der Waals surface area contributed by atoms with Gasteiger partial charge in [0.15, 0.2) is 0 Å². The van der Waals surface area contributed by atoms with Crippen LogP contribution in [0.4, 0.5) is 0 Å². The molecule has 2 aromatic carbocycles. The number of amides is 1. The highest BCUT2D eigenvalue weighted by atomic mass is 35.5. The number of carbonyl (C=O) groups is 1. The van der Waals surface area contributed by atoms with E-state index in [4.69, 9.17) is 16.3 Å². The van der Waals surface area contributed by atoms with Gasteiger partial charge in [0.1, 0.15) is 11.8 Å². The Kier molecular flexibility index (Phi) is 7.86. The zero-order valence-electron chi connectivity index (χ0n) is 16.1. The summed E-state index contributed by atoms with van der Waals surface area (Å²) in [7, 11) is -2.51. The van der Waals surface area contributed by atoms with Crippen LogP contribution < -0.4 is 14.8 Å². The summed E-state index contributed by atoms with van der Waals surface area (Å²) in [6, 6.07) is 12.5. The Balaban J connectivity index is 2.26. The quantitative estimate of drug-likeness (QED) is 0.648. The average Bonchev–Trinajstić information content (AvgIpc) is 2.66. The third-order valence-corrected chi connectivity index (χ3v) is 5.78. The maximum absolute atomic E-state index is 12.8. The highest BCUT2D eigenvalue weighted by Crippen LogP contribution is 2.27. The number of nitrogens with one attached hydrogen (secondary N) is 2. The standard InChI is InChI=1S/C20H25ClN2O4S/c1-14(2)13-22-20(24)18(11-15-7-5-4-6-8-15)23-28(25,26)16-9-10-19(27-3)17(21)12-16/h4-10,12,14,18,23H,11,13H2,1-3H3,(H,22,24)/t18-/m0/s1. The van der Waals surface area contributed by atoms with Crippen LogP contribution in [-0.2, 0) is 21.2 Å². The first-order valence-electron chi connectivity index (χ1n) is 8.90. The van der Waals surface area contributed by atoms with Gasteiger partial charge in [-0.1, -0.05) is 55.8 Å². The van der Waals surface area contributed by atoms with Crippen molar-refractivity contribution in [3.8, 4) is 5.75 Å². The van der Waals surface area contributed by atoms with Crippen molar-refractivity contribution in [2.45, 2.75) is 31.2 Å². The van der Waals surface area contributed by atoms with Gasteiger partial charge >= 0.3 is 0 Å². The molecule has 0 heterocycles. The van der Waals surface area contributed by atoms with Crippen LogP contribution in [0.25, 0.3) is 0 Å². The molecule has 1 amide bonds. The predicted octanol–water partition coefficient (Wildman–Crippen LogP) is 3.01. The van der Waals surface area contributed by atoms with Gasteiger partial charge in [-0.2, -0.15) is 4.72 Å². The van der Waals surface area contributed by atoms with E-state index in [0.29, 0.717) is 12.3 Å². The number of sulfonamides is 1. The first-order chi connectivity index (χ1) is 13.2. The van der Waals surface area contributed by atoms with Gasteiger partial charge in [0.2, 0.25) is 15.9 Å². The minimum atomic E-state index is -3.96. The van der Waals surface area contributed by atoms with Crippen LogP contribution in [0.3, 0.4) is 0 Å². The fraction of sp³-hybridized carbons (Fsp3) is 0.350. The molecule has 0 fully saturated rings. The van der Waals surface area contributed by atoms with Crippen molar-refractivity contribution in [2.24, 2.45) is 5.92 Å². The van der Waals surface area contributed by atoms with Crippen LogP contribution in [0.5, 0.6) is 5.75 Å². The molecule has 2 aromatic rings. The number of carbonyl (C=O) groups excluding carboxylic acids is 1. The molecule has 0 radical (unpaired) electrons. The summed E-state index contributed by atoms with van der Waals surface area (Å²) < 4.78 is 33.2. The normalized spacial score (nSPS) is 12.6. The van der Waals surface area contributed by atoms with Gasteiger partial charge in [-0.25, -0.2) is 8.42 Å². The second kappa shape index (κ2) is 9.91. The maximum Gasteiger partial charge on any atom is 0.241 e. The molecule has 152 valence electrons. The molecule has 1 atom stereocenters. The van der Waals surface area contributed by atoms with E-state index in [0.717, 1.165) is 5.56 Å². The zero-order valence-corrected chi connectivity index (χ0v) is 17.7. The fourth-order valence-electron chi connectivity index (χ4n) is 2.54. The summed E-state index contributed by atoms with van der Waals surface area (Å²) in [4.78, 5) is 12.6. The average molecular weight is 425 g/mol. The lowest BCUT2D eigenvalue weighted by Crippen LogP contribution is -2.48. The fourth-order valence-corrected chi connectivity index (χ4v) is 4.08. The minimum Gasteiger partial charge on any atom is -0.495 e. The van der Waals surface area contributed by atoms with Crippen LogP contribution in [-0.4, -0.2) is 34.0 Å². The lowest BCUT2D eigenvalue weighted by Gasteiger charge is -2.20. The summed E-state index contributed by atoms with van der Waals surface area (Å²) in [6.07, 6.45) is 0.230. The van der Waals surface area contributed by atoms with Gasteiger partial charge in [0, 0.05) is 6.54 Å². The molecule has 0 saturated carbocycles. The number of methoxy groups -OCH3 is 1. The Hall–Kier alpha value is -2.09. The van der Waals surface area contributed by atoms with E-state index in [1.165, 1.54) is 25.3 Å². The molecule has 0 aromatic heterocycles.